The van der Waals surface area contributed by atoms with E-state index in [4.69, 9.17) is 5.73 Å². The molecule has 0 saturated carbocycles. The van der Waals surface area contributed by atoms with Crippen LogP contribution < -0.4 is 5.73 Å². The lowest BCUT2D eigenvalue weighted by Crippen LogP contribution is -2.14. The first-order chi connectivity index (χ1) is 9.97. The topological polar surface area (TPSA) is 63.3 Å². The molecule has 0 aliphatic heterocycles. The summed E-state index contributed by atoms with van der Waals surface area (Å²) in [5.41, 5.74) is 9.33. The van der Waals surface area contributed by atoms with E-state index >= 15 is 0 Å². The summed E-state index contributed by atoms with van der Waals surface area (Å²) in [6.07, 6.45) is 0.639. The molecule has 3 nitrogen and oxygen atoms in total. The van der Waals surface area contributed by atoms with Gasteiger partial charge in [0.15, 0.2) is 0 Å². The van der Waals surface area contributed by atoms with Crippen molar-refractivity contribution in [3.05, 3.63) is 54.1 Å². The molecule has 0 spiro atoms. The molecule has 1 atom stereocenters. The fourth-order valence-electron chi connectivity index (χ4n) is 2.46. The minimum atomic E-state index is -0.766. The van der Waals surface area contributed by atoms with Crippen molar-refractivity contribution in [2.45, 2.75) is 26.2 Å². The standard InChI is InChI=1S/C18H21NO2/c1-12(2)10-17(18(20)21)15-5-3-4-14(11-15)13-6-8-16(19)9-7-13/h3-9,11-12,17H,10,19H2,1-2H3,(H,20,21). The van der Waals surface area contributed by atoms with E-state index < -0.39 is 11.9 Å². The largest absolute Gasteiger partial charge is 0.481 e. The van der Waals surface area contributed by atoms with Crippen LogP contribution in [-0.2, 0) is 4.79 Å². The Kier molecular flexibility index (Phi) is 4.63. The Bertz CT molecular complexity index is 617. The Balaban J connectivity index is 2.35. The molecule has 21 heavy (non-hydrogen) atoms. The fourth-order valence-corrected chi connectivity index (χ4v) is 2.46. The van der Waals surface area contributed by atoms with Gasteiger partial charge in [0.1, 0.15) is 0 Å². The summed E-state index contributed by atoms with van der Waals surface area (Å²) < 4.78 is 0. The number of carboxylic acids is 1. The van der Waals surface area contributed by atoms with Crippen molar-refractivity contribution in [2.75, 3.05) is 5.73 Å². The summed E-state index contributed by atoms with van der Waals surface area (Å²) in [4.78, 5) is 11.5. The second-order valence-corrected chi connectivity index (χ2v) is 5.77. The maximum atomic E-state index is 11.5. The van der Waals surface area contributed by atoms with Crippen molar-refractivity contribution in [1.82, 2.24) is 0 Å². The van der Waals surface area contributed by atoms with Crippen LogP contribution in [0.1, 0.15) is 31.7 Å². The van der Waals surface area contributed by atoms with E-state index in [1.165, 1.54) is 0 Å². The van der Waals surface area contributed by atoms with E-state index in [1.807, 2.05) is 62.4 Å². The average Bonchev–Trinajstić information content (AvgIpc) is 2.45. The highest BCUT2D eigenvalue weighted by Gasteiger charge is 2.21. The Morgan fingerprint density at radius 1 is 1.10 bits per heavy atom. The number of rotatable bonds is 5. The second kappa shape index (κ2) is 6.44. The number of nitrogen functional groups attached to an aromatic ring is 1. The first kappa shape index (κ1) is 15.1. The van der Waals surface area contributed by atoms with Gasteiger partial charge in [0.2, 0.25) is 0 Å². The number of anilines is 1. The molecule has 0 heterocycles. The van der Waals surface area contributed by atoms with Gasteiger partial charge in [-0.05, 0) is 41.2 Å². The van der Waals surface area contributed by atoms with Gasteiger partial charge in [0.05, 0.1) is 5.92 Å². The Hall–Kier alpha value is -2.29. The van der Waals surface area contributed by atoms with Crippen molar-refractivity contribution in [1.29, 1.82) is 0 Å². The molecule has 0 aliphatic carbocycles. The quantitative estimate of drug-likeness (QED) is 0.810. The molecule has 0 aliphatic rings. The van der Waals surface area contributed by atoms with Crippen LogP contribution in [-0.4, -0.2) is 11.1 Å². The zero-order chi connectivity index (χ0) is 15.4. The Labute approximate surface area is 125 Å². The van der Waals surface area contributed by atoms with Crippen LogP contribution in [0, 0.1) is 5.92 Å². The number of nitrogens with two attached hydrogens (primary N) is 1. The maximum absolute atomic E-state index is 11.5. The van der Waals surface area contributed by atoms with Crippen LogP contribution >= 0.6 is 0 Å². The zero-order valence-corrected chi connectivity index (χ0v) is 12.4. The number of hydrogen-bond acceptors (Lipinski definition) is 2. The number of aliphatic carboxylic acids is 1. The predicted molar refractivity (Wildman–Crippen MR) is 86.1 cm³/mol. The normalized spacial score (nSPS) is 12.3. The van der Waals surface area contributed by atoms with Gasteiger partial charge in [0.25, 0.3) is 0 Å². The van der Waals surface area contributed by atoms with Crippen LogP contribution in [0.3, 0.4) is 0 Å². The lowest BCUT2D eigenvalue weighted by molar-refractivity contribution is -0.139. The third kappa shape index (κ3) is 3.85. The number of carboxylic acid groups (broad SMARTS) is 1. The van der Waals surface area contributed by atoms with E-state index in [-0.39, 0.29) is 0 Å². The van der Waals surface area contributed by atoms with Crippen molar-refractivity contribution >= 4 is 11.7 Å². The minimum absolute atomic E-state index is 0.339. The molecule has 0 fully saturated rings. The van der Waals surface area contributed by atoms with E-state index in [1.54, 1.807) is 0 Å². The van der Waals surface area contributed by atoms with Gasteiger partial charge >= 0.3 is 5.97 Å². The Morgan fingerprint density at radius 2 is 1.76 bits per heavy atom. The monoisotopic (exact) mass is 283 g/mol. The SMILES string of the molecule is CC(C)CC(C(=O)O)c1cccc(-c2ccc(N)cc2)c1. The Morgan fingerprint density at radius 3 is 2.33 bits per heavy atom. The molecule has 0 saturated heterocycles. The molecule has 0 aromatic heterocycles. The van der Waals surface area contributed by atoms with Crippen LogP contribution in [0.15, 0.2) is 48.5 Å². The summed E-state index contributed by atoms with van der Waals surface area (Å²) in [7, 11) is 0. The van der Waals surface area contributed by atoms with Gasteiger partial charge in [-0.25, -0.2) is 0 Å². The van der Waals surface area contributed by atoms with Crippen LogP contribution in [0.2, 0.25) is 0 Å². The van der Waals surface area contributed by atoms with Crippen molar-refractivity contribution in [3.63, 3.8) is 0 Å². The van der Waals surface area contributed by atoms with Crippen molar-refractivity contribution < 1.29 is 9.90 Å². The predicted octanol–water partition coefficient (Wildman–Crippen LogP) is 4.15. The molecule has 2 rings (SSSR count). The zero-order valence-electron chi connectivity index (χ0n) is 12.4. The molecule has 0 bridgehead atoms. The van der Waals surface area contributed by atoms with E-state index in [0.29, 0.717) is 12.3 Å². The lowest BCUT2D eigenvalue weighted by atomic mass is 9.89. The number of benzene rings is 2. The maximum Gasteiger partial charge on any atom is 0.310 e. The van der Waals surface area contributed by atoms with E-state index in [0.717, 1.165) is 22.4 Å². The van der Waals surface area contributed by atoms with Crippen molar-refractivity contribution in [2.24, 2.45) is 5.92 Å². The molecule has 0 amide bonds. The molecule has 2 aromatic rings. The molecule has 1 unspecified atom stereocenters. The first-order valence-corrected chi connectivity index (χ1v) is 7.16. The molecule has 110 valence electrons. The summed E-state index contributed by atoms with van der Waals surface area (Å²) in [6, 6.07) is 15.4. The van der Waals surface area contributed by atoms with Crippen LogP contribution in [0.5, 0.6) is 0 Å². The minimum Gasteiger partial charge on any atom is -0.481 e. The average molecular weight is 283 g/mol. The number of hydrogen-bond donors (Lipinski definition) is 2. The van der Waals surface area contributed by atoms with Crippen molar-refractivity contribution in [3.8, 4) is 11.1 Å². The summed E-state index contributed by atoms with van der Waals surface area (Å²) in [6.45, 7) is 4.08. The van der Waals surface area contributed by atoms with Gasteiger partial charge in [-0.15, -0.1) is 0 Å². The third-order valence-corrected chi connectivity index (χ3v) is 3.54. The highest BCUT2D eigenvalue weighted by molar-refractivity contribution is 5.77. The molecule has 2 aromatic carbocycles. The van der Waals surface area contributed by atoms with E-state index in [9.17, 15) is 9.90 Å². The van der Waals surface area contributed by atoms with Gasteiger partial charge in [0, 0.05) is 5.69 Å². The highest BCUT2D eigenvalue weighted by atomic mass is 16.4. The first-order valence-electron chi connectivity index (χ1n) is 7.16. The summed E-state index contributed by atoms with van der Waals surface area (Å²) >= 11 is 0. The lowest BCUT2D eigenvalue weighted by Gasteiger charge is -2.16. The molecule has 0 radical (unpaired) electrons. The number of carbonyl (C=O) groups is 1. The third-order valence-electron chi connectivity index (χ3n) is 3.54. The highest BCUT2D eigenvalue weighted by Crippen LogP contribution is 2.28. The summed E-state index contributed by atoms with van der Waals surface area (Å²) in [5.74, 6) is -0.886. The smallest absolute Gasteiger partial charge is 0.310 e. The van der Waals surface area contributed by atoms with Gasteiger partial charge in [-0.2, -0.15) is 0 Å². The molecule has 3 N–H and O–H groups in total. The molecular weight excluding hydrogens is 262 g/mol. The van der Waals surface area contributed by atoms with Gasteiger partial charge in [-0.1, -0.05) is 50.2 Å². The van der Waals surface area contributed by atoms with Gasteiger partial charge < -0.3 is 10.8 Å². The van der Waals surface area contributed by atoms with Gasteiger partial charge in [-0.3, -0.25) is 4.79 Å². The molecular formula is C18H21NO2. The molecule has 3 heteroatoms. The summed E-state index contributed by atoms with van der Waals surface area (Å²) in [5, 5.41) is 9.46. The van der Waals surface area contributed by atoms with Crippen LogP contribution in [0.25, 0.3) is 11.1 Å². The van der Waals surface area contributed by atoms with Crippen LogP contribution in [0.4, 0.5) is 5.69 Å². The second-order valence-electron chi connectivity index (χ2n) is 5.77. The van der Waals surface area contributed by atoms with E-state index in [2.05, 4.69) is 0 Å². The fraction of sp³-hybridized carbons (Fsp3) is 0.278.